The molecule has 1 N–H and O–H groups in total. The van der Waals surface area contributed by atoms with E-state index in [1.165, 1.54) is 0 Å². The molecule has 1 atom stereocenters. The Balaban J connectivity index is 2.27. The number of hydrogen-bond donors (Lipinski definition) is 1. The Labute approximate surface area is 135 Å². The van der Waals surface area contributed by atoms with Gasteiger partial charge in [-0.2, -0.15) is 0 Å². The van der Waals surface area contributed by atoms with Crippen LogP contribution in [0.1, 0.15) is 5.56 Å². The zero-order chi connectivity index (χ0) is 16.0. The summed E-state index contributed by atoms with van der Waals surface area (Å²) in [5.41, 5.74) is 0.595. The number of amides is 1. The van der Waals surface area contributed by atoms with Crippen LogP contribution >= 0.6 is 0 Å². The molecule has 2 aromatic rings. The van der Waals surface area contributed by atoms with Gasteiger partial charge in [-0.3, -0.25) is 0 Å². The maximum atomic E-state index is 12.7. The molecule has 0 saturated heterocycles. The minimum atomic E-state index is -3.35. The van der Waals surface area contributed by atoms with Crippen LogP contribution in [0, 0.1) is 0 Å². The SMILES string of the molecule is C=CC(=O)NCc1ccccc1S(=O)(=O)[AsH]c1ccccc1. The molecule has 0 radical (unpaired) electrons. The molecule has 0 heterocycles. The van der Waals surface area contributed by atoms with E-state index in [1.807, 2.05) is 30.3 Å². The van der Waals surface area contributed by atoms with Crippen molar-refractivity contribution in [1.29, 1.82) is 0 Å². The minimum absolute atomic E-state index is 0.168. The van der Waals surface area contributed by atoms with Crippen LogP contribution in [0.2, 0.25) is 0 Å². The third kappa shape index (κ3) is 4.32. The van der Waals surface area contributed by atoms with E-state index in [2.05, 4.69) is 11.9 Å². The zero-order valence-electron chi connectivity index (χ0n) is 11.8. The van der Waals surface area contributed by atoms with E-state index in [1.54, 1.807) is 24.3 Å². The first-order chi connectivity index (χ1) is 10.5. The predicted octanol–water partition coefficient (Wildman–Crippen LogP) is 0.939. The number of rotatable bonds is 6. The second kappa shape index (κ2) is 7.43. The van der Waals surface area contributed by atoms with Crippen LogP contribution in [0.5, 0.6) is 0 Å². The molecule has 0 aliphatic rings. The standard InChI is InChI=1S/C16H16AsNO3S/c1-2-16(19)18-12-13-8-6-7-11-15(13)22(20,21)17-14-9-4-3-5-10-14/h2-11,17H,1,12H2,(H,18,19). The third-order valence-electron chi connectivity index (χ3n) is 2.93. The van der Waals surface area contributed by atoms with Crippen LogP contribution in [0.4, 0.5) is 0 Å². The van der Waals surface area contributed by atoms with Crippen LogP contribution in [0.3, 0.4) is 0 Å². The van der Waals surface area contributed by atoms with Gasteiger partial charge < -0.3 is 0 Å². The van der Waals surface area contributed by atoms with E-state index in [9.17, 15) is 13.2 Å². The molecule has 6 heteroatoms. The van der Waals surface area contributed by atoms with E-state index in [0.717, 1.165) is 10.4 Å². The molecule has 0 aromatic heterocycles. The van der Waals surface area contributed by atoms with Gasteiger partial charge in [-0.15, -0.1) is 0 Å². The van der Waals surface area contributed by atoms with Crippen LogP contribution < -0.4 is 9.67 Å². The zero-order valence-corrected chi connectivity index (χ0v) is 14.7. The third-order valence-corrected chi connectivity index (χ3v) is 9.67. The normalized spacial score (nSPS) is 11.5. The molecular weight excluding hydrogens is 361 g/mol. The van der Waals surface area contributed by atoms with Crippen molar-refractivity contribution in [3.05, 3.63) is 72.8 Å². The number of nitrogens with one attached hydrogen (secondary N) is 1. The molecule has 0 saturated carbocycles. The van der Waals surface area contributed by atoms with Crippen molar-refractivity contribution < 1.29 is 13.2 Å². The number of carbonyl (C=O) groups is 1. The first kappa shape index (κ1) is 16.5. The van der Waals surface area contributed by atoms with E-state index in [-0.39, 0.29) is 12.5 Å². The van der Waals surface area contributed by atoms with E-state index < -0.39 is 22.7 Å². The van der Waals surface area contributed by atoms with Crippen LogP contribution in [0.25, 0.3) is 0 Å². The second-order valence-corrected chi connectivity index (χ2v) is 12.0. The van der Waals surface area contributed by atoms with Gasteiger partial charge in [0, 0.05) is 0 Å². The molecule has 0 spiro atoms. The molecular formula is C16H16AsNO3S. The van der Waals surface area contributed by atoms with Crippen molar-refractivity contribution >= 4 is 33.0 Å². The molecule has 1 unspecified atom stereocenters. The summed E-state index contributed by atoms with van der Waals surface area (Å²) >= 11 is -1.36. The van der Waals surface area contributed by atoms with Crippen molar-refractivity contribution in [3.8, 4) is 0 Å². The van der Waals surface area contributed by atoms with Gasteiger partial charge in [0.2, 0.25) is 0 Å². The summed E-state index contributed by atoms with van der Waals surface area (Å²) in [5.74, 6) is -0.328. The molecule has 0 aliphatic carbocycles. The van der Waals surface area contributed by atoms with Crippen LogP contribution in [-0.4, -0.2) is 28.9 Å². The Hall–Kier alpha value is -1.84. The van der Waals surface area contributed by atoms with Gasteiger partial charge in [0.25, 0.3) is 0 Å². The molecule has 0 aliphatic heterocycles. The van der Waals surface area contributed by atoms with Gasteiger partial charge in [-0.1, -0.05) is 0 Å². The van der Waals surface area contributed by atoms with Gasteiger partial charge >= 0.3 is 136 Å². The molecule has 22 heavy (non-hydrogen) atoms. The van der Waals surface area contributed by atoms with Crippen molar-refractivity contribution in [2.75, 3.05) is 0 Å². The molecule has 0 bridgehead atoms. The summed E-state index contributed by atoms with van der Waals surface area (Å²) < 4.78 is 26.2. The summed E-state index contributed by atoms with van der Waals surface area (Å²) in [5, 5.41) is 2.62. The average Bonchev–Trinajstić information content (AvgIpc) is 2.53. The van der Waals surface area contributed by atoms with Crippen molar-refractivity contribution in [3.63, 3.8) is 0 Å². The van der Waals surface area contributed by atoms with E-state index in [4.69, 9.17) is 0 Å². The molecule has 2 rings (SSSR count). The Bertz CT molecular complexity index is 773. The first-order valence-corrected chi connectivity index (χ1v) is 11.7. The van der Waals surface area contributed by atoms with Gasteiger partial charge in [0.15, 0.2) is 0 Å². The van der Waals surface area contributed by atoms with Crippen LogP contribution in [0.15, 0.2) is 72.1 Å². The Kier molecular flexibility index (Phi) is 5.58. The molecule has 4 nitrogen and oxygen atoms in total. The molecule has 1 amide bonds. The number of benzene rings is 2. The Morgan fingerprint density at radius 3 is 2.41 bits per heavy atom. The fraction of sp³-hybridized carbons (Fsp3) is 0.0625. The number of hydrogen-bond acceptors (Lipinski definition) is 3. The van der Waals surface area contributed by atoms with Crippen molar-refractivity contribution in [1.82, 2.24) is 5.32 Å². The molecule has 2 aromatic carbocycles. The van der Waals surface area contributed by atoms with Gasteiger partial charge in [0.05, 0.1) is 0 Å². The Morgan fingerprint density at radius 1 is 1.09 bits per heavy atom. The van der Waals surface area contributed by atoms with Crippen molar-refractivity contribution in [2.45, 2.75) is 11.4 Å². The van der Waals surface area contributed by atoms with E-state index in [0.29, 0.717) is 10.5 Å². The quantitative estimate of drug-likeness (QED) is 0.602. The van der Waals surface area contributed by atoms with Gasteiger partial charge in [-0.25, -0.2) is 0 Å². The fourth-order valence-corrected chi connectivity index (χ4v) is 8.34. The predicted molar refractivity (Wildman–Crippen MR) is 88.9 cm³/mol. The molecule has 114 valence electrons. The van der Waals surface area contributed by atoms with E-state index >= 15 is 0 Å². The number of carbonyl (C=O) groups excluding carboxylic acids is 1. The van der Waals surface area contributed by atoms with Crippen molar-refractivity contribution in [2.24, 2.45) is 0 Å². The summed E-state index contributed by atoms with van der Waals surface area (Å²) in [6.45, 7) is 3.54. The average molecular weight is 377 g/mol. The topological polar surface area (TPSA) is 63.2 Å². The van der Waals surface area contributed by atoms with Gasteiger partial charge in [0.1, 0.15) is 0 Å². The summed E-state index contributed by atoms with van der Waals surface area (Å²) in [6.07, 6.45) is 1.16. The maximum absolute atomic E-state index is 12.7. The Morgan fingerprint density at radius 2 is 1.73 bits per heavy atom. The monoisotopic (exact) mass is 377 g/mol. The first-order valence-electron chi connectivity index (χ1n) is 6.59. The summed E-state index contributed by atoms with van der Waals surface area (Å²) in [7, 11) is -3.35. The summed E-state index contributed by atoms with van der Waals surface area (Å²) in [4.78, 5) is 11.6. The second-order valence-electron chi connectivity index (χ2n) is 4.50. The molecule has 0 fully saturated rings. The van der Waals surface area contributed by atoms with Gasteiger partial charge in [-0.05, 0) is 0 Å². The fourth-order valence-electron chi connectivity index (χ4n) is 1.88. The summed E-state index contributed by atoms with van der Waals surface area (Å²) in [6, 6.07) is 16.0. The van der Waals surface area contributed by atoms with Crippen LogP contribution in [-0.2, 0) is 19.4 Å².